The molecule has 19 heavy (non-hydrogen) atoms. The molecule has 0 saturated heterocycles. The molecule has 0 saturated carbocycles. The number of carbonyl (C=O) groups is 2. The van der Waals surface area contributed by atoms with E-state index in [0.29, 0.717) is 6.42 Å². The van der Waals surface area contributed by atoms with Crippen LogP contribution < -0.4 is 5.32 Å². The number of alkyl halides is 3. The van der Waals surface area contributed by atoms with Crippen molar-refractivity contribution >= 4 is 11.9 Å². The van der Waals surface area contributed by atoms with Crippen molar-refractivity contribution in [2.45, 2.75) is 51.6 Å². The Labute approximate surface area is 110 Å². The molecule has 0 fully saturated rings. The maximum Gasteiger partial charge on any atom is 0.471 e. The van der Waals surface area contributed by atoms with Gasteiger partial charge in [-0.3, -0.25) is 9.59 Å². The minimum Gasteiger partial charge on any atom is -0.464 e. The van der Waals surface area contributed by atoms with Crippen LogP contribution in [0.4, 0.5) is 13.2 Å². The van der Waals surface area contributed by atoms with Gasteiger partial charge in [-0.1, -0.05) is 39.0 Å². The fraction of sp³-hybridized carbons (Fsp3) is 0.833. The Morgan fingerprint density at radius 2 is 1.63 bits per heavy atom. The number of rotatable bonds is 9. The first-order valence-electron chi connectivity index (χ1n) is 6.38. The molecular weight excluding hydrogens is 263 g/mol. The zero-order valence-electron chi connectivity index (χ0n) is 11.0. The number of nitrogens with one attached hydrogen (secondary N) is 1. The quantitative estimate of drug-likeness (QED) is 0.522. The van der Waals surface area contributed by atoms with E-state index in [9.17, 15) is 22.8 Å². The summed E-state index contributed by atoms with van der Waals surface area (Å²) in [6.45, 7) is 1.53. The number of esters is 1. The molecule has 1 N–H and O–H groups in total. The van der Waals surface area contributed by atoms with Crippen molar-refractivity contribution in [3.63, 3.8) is 0 Å². The Hall–Kier alpha value is -1.27. The van der Waals surface area contributed by atoms with Gasteiger partial charge in [-0.15, -0.1) is 0 Å². The molecule has 0 aromatic carbocycles. The van der Waals surface area contributed by atoms with Gasteiger partial charge in [0.15, 0.2) is 0 Å². The largest absolute Gasteiger partial charge is 0.471 e. The van der Waals surface area contributed by atoms with E-state index in [-0.39, 0.29) is 6.61 Å². The summed E-state index contributed by atoms with van der Waals surface area (Å²) in [4.78, 5) is 21.4. The van der Waals surface area contributed by atoms with Gasteiger partial charge < -0.3 is 10.1 Å². The van der Waals surface area contributed by atoms with Crippen molar-refractivity contribution in [1.29, 1.82) is 0 Å². The average molecular weight is 283 g/mol. The monoisotopic (exact) mass is 283 g/mol. The molecule has 0 spiro atoms. The summed E-state index contributed by atoms with van der Waals surface area (Å²) in [7, 11) is 0. The van der Waals surface area contributed by atoms with Crippen LogP contribution in [0.5, 0.6) is 0 Å². The van der Waals surface area contributed by atoms with E-state index in [4.69, 9.17) is 4.74 Å². The SMILES string of the molecule is CCCCCCCCOC(=O)CNC(=O)C(F)(F)F. The first-order valence-corrected chi connectivity index (χ1v) is 6.38. The van der Waals surface area contributed by atoms with Gasteiger partial charge in [0, 0.05) is 0 Å². The summed E-state index contributed by atoms with van der Waals surface area (Å²) in [5.41, 5.74) is 0. The summed E-state index contributed by atoms with van der Waals surface area (Å²) in [5, 5.41) is 1.45. The fourth-order valence-electron chi connectivity index (χ4n) is 1.37. The molecule has 0 aliphatic rings. The Balaban J connectivity index is 3.48. The van der Waals surface area contributed by atoms with Crippen LogP contribution >= 0.6 is 0 Å². The van der Waals surface area contributed by atoms with Crippen LogP contribution in [0.1, 0.15) is 45.4 Å². The van der Waals surface area contributed by atoms with Gasteiger partial charge >= 0.3 is 18.1 Å². The van der Waals surface area contributed by atoms with Crippen LogP contribution in [0.2, 0.25) is 0 Å². The van der Waals surface area contributed by atoms with Crippen LogP contribution in [0, 0.1) is 0 Å². The summed E-state index contributed by atoms with van der Waals surface area (Å²) in [5.74, 6) is -2.99. The Morgan fingerprint density at radius 1 is 1.05 bits per heavy atom. The van der Waals surface area contributed by atoms with E-state index in [1.165, 1.54) is 11.7 Å². The van der Waals surface area contributed by atoms with E-state index in [0.717, 1.165) is 25.7 Å². The number of unbranched alkanes of at least 4 members (excludes halogenated alkanes) is 5. The highest BCUT2D eigenvalue weighted by Crippen LogP contribution is 2.13. The van der Waals surface area contributed by atoms with Gasteiger partial charge in [0.2, 0.25) is 0 Å². The number of hydrogen-bond donors (Lipinski definition) is 1. The Morgan fingerprint density at radius 3 is 2.21 bits per heavy atom. The molecule has 4 nitrogen and oxygen atoms in total. The lowest BCUT2D eigenvalue weighted by Crippen LogP contribution is -2.40. The Kier molecular flexibility index (Phi) is 8.99. The molecule has 0 aromatic heterocycles. The minimum absolute atomic E-state index is 0.173. The van der Waals surface area contributed by atoms with Crippen LogP contribution in [-0.2, 0) is 14.3 Å². The highest BCUT2D eigenvalue weighted by atomic mass is 19.4. The van der Waals surface area contributed by atoms with Gasteiger partial charge in [0.05, 0.1) is 6.61 Å². The molecule has 0 heterocycles. The van der Waals surface area contributed by atoms with Crippen molar-refractivity contribution in [3.05, 3.63) is 0 Å². The van der Waals surface area contributed by atoms with Crippen molar-refractivity contribution in [3.8, 4) is 0 Å². The highest BCUT2D eigenvalue weighted by molar-refractivity contribution is 5.85. The second-order valence-electron chi connectivity index (χ2n) is 4.17. The van der Waals surface area contributed by atoms with Crippen LogP contribution in [0.3, 0.4) is 0 Å². The van der Waals surface area contributed by atoms with Crippen LogP contribution in [0.15, 0.2) is 0 Å². The third-order valence-corrected chi connectivity index (χ3v) is 2.41. The number of carbonyl (C=O) groups excluding carboxylic acids is 2. The third kappa shape index (κ3) is 10.3. The molecule has 0 radical (unpaired) electrons. The second-order valence-corrected chi connectivity index (χ2v) is 4.17. The molecule has 0 unspecified atom stereocenters. The topological polar surface area (TPSA) is 55.4 Å². The molecular formula is C12H20F3NO3. The lowest BCUT2D eigenvalue weighted by molar-refractivity contribution is -0.174. The van der Waals surface area contributed by atoms with Crippen molar-refractivity contribution in [2.24, 2.45) is 0 Å². The van der Waals surface area contributed by atoms with Gasteiger partial charge in [-0.2, -0.15) is 13.2 Å². The van der Waals surface area contributed by atoms with Gasteiger partial charge in [-0.25, -0.2) is 0 Å². The molecule has 0 rings (SSSR count). The highest BCUT2D eigenvalue weighted by Gasteiger charge is 2.38. The molecule has 0 aromatic rings. The first-order chi connectivity index (χ1) is 8.88. The normalized spacial score (nSPS) is 11.2. The van der Waals surface area contributed by atoms with E-state index in [2.05, 4.69) is 6.92 Å². The molecule has 0 aliphatic carbocycles. The molecule has 1 amide bonds. The predicted molar refractivity (Wildman–Crippen MR) is 63.4 cm³/mol. The van der Waals surface area contributed by atoms with Crippen molar-refractivity contribution in [1.82, 2.24) is 5.32 Å². The minimum atomic E-state index is -4.97. The molecule has 0 aliphatic heterocycles. The fourth-order valence-corrected chi connectivity index (χ4v) is 1.37. The number of ether oxygens (including phenoxy) is 1. The zero-order valence-corrected chi connectivity index (χ0v) is 11.0. The number of halogens is 3. The van der Waals surface area contributed by atoms with E-state index >= 15 is 0 Å². The molecule has 0 atom stereocenters. The van der Waals surface area contributed by atoms with Gasteiger partial charge in [0.1, 0.15) is 6.54 Å². The van der Waals surface area contributed by atoms with Gasteiger partial charge in [-0.05, 0) is 6.42 Å². The van der Waals surface area contributed by atoms with Crippen LogP contribution in [0.25, 0.3) is 0 Å². The molecule has 112 valence electrons. The average Bonchev–Trinajstić information content (AvgIpc) is 2.33. The van der Waals surface area contributed by atoms with E-state index in [1.54, 1.807) is 0 Å². The van der Waals surface area contributed by atoms with Crippen molar-refractivity contribution in [2.75, 3.05) is 13.2 Å². The lowest BCUT2D eigenvalue weighted by Gasteiger charge is -2.08. The zero-order chi connectivity index (χ0) is 14.7. The predicted octanol–water partition coefficient (Wildman–Crippen LogP) is 2.57. The van der Waals surface area contributed by atoms with Crippen LogP contribution in [-0.4, -0.2) is 31.2 Å². The summed E-state index contributed by atoms with van der Waals surface area (Å²) >= 11 is 0. The van der Waals surface area contributed by atoms with E-state index in [1.807, 2.05) is 0 Å². The second kappa shape index (κ2) is 9.63. The maximum absolute atomic E-state index is 11.8. The molecule has 7 heteroatoms. The van der Waals surface area contributed by atoms with Crippen molar-refractivity contribution < 1.29 is 27.5 Å². The standard InChI is InChI=1S/C12H20F3NO3/c1-2-3-4-5-6-7-8-19-10(17)9-16-11(18)12(13,14)15/h2-9H2,1H3,(H,16,18). The Bertz CT molecular complexity index is 280. The smallest absolute Gasteiger partial charge is 0.464 e. The summed E-state index contributed by atoms with van der Waals surface area (Å²) < 4.78 is 40.1. The summed E-state index contributed by atoms with van der Waals surface area (Å²) in [6, 6.07) is 0. The third-order valence-electron chi connectivity index (χ3n) is 2.41. The number of hydrogen-bond acceptors (Lipinski definition) is 3. The summed E-state index contributed by atoms with van der Waals surface area (Å²) in [6.07, 6.45) is 1.13. The maximum atomic E-state index is 11.8. The van der Waals surface area contributed by atoms with E-state index < -0.39 is 24.6 Å². The van der Waals surface area contributed by atoms with Gasteiger partial charge in [0.25, 0.3) is 0 Å². The number of amides is 1. The molecule has 0 bridgehead atoms. The lowest BCUT2D eigenvalue weighted by atomic mass is 10.1. The first kappa shape index (κ1) is 17.7.